The molecule has 0 saturated heterocycles. The first-order valence-corrected chi connectivity index (χ1v) is 10.8. The fourth-order valence-electron chi connectivity index (χ4n) is 2.99. The van der Waals surface area contributed by atoms with Gasteiger partial charge in [-0.2, -0.15) is 9.61 Å². The minimum Gasteiger partial charge on any atom is -0.497 e. The zero-order chi connectivity index (χ0) is 22.7. The lowest BCUT2D eigenvalue weighted by Crippen LogP contribution is -2.36. The molecule has 1 unspecified atom stereocenters. The summed E-state index contributed by atoms with van der Waals surface area (Å²) >= 11 is 1.30. The number of nitrogens with one attached hydrogen (secondary N) is 1. The normalized spacial score (nSPS) is 11.8. The predicted molar refractivity (Wildman–Crippen MR) is 122 cm³/mol. The van der Waals surface area contributed by atoms with E-state index in [2.05, 4.69) is 15.4 Å². The summed E-state index contributed by atoms with van der Waals surface area (Å²) in [6.07, 6.45) is -0.687. The second kappa shape index (κ2) is 9.19. The molecular weight excluding hydrogens is 428 g/mol. The zero-order valence-corrected chi connectivity index (χ0v) is 18.7. The molecule has 0 fully saturated rings. The molecule has 1 N–H and O–H groups in total. The van der Waals surface area contributed by atoms with Gasteiger partial charge in [0.2, 0.25) is 4.96 Å². The molecule has 0 radical (unpaired) electrons. The molecule has 2 aromatic heterocycles. The maximum atomic E-state index is 12.5. The second-order valence-electron chi connectivity index (χ2n) is 7.21. The van der Waals surface area contributed by atoms with Crippen molar-refractivity contribution < 1.29 is 14.3 Å². The maximum absolute atomic E-state index is 12.5. The Morgan fingerprint density at radius 3 is 2.50 bits per heavy atom. The Balaban J connectivity index is 1.45. The van der Waals surface area contributed by atoms with Gasteiger partial charge in [-0.15, -0.1) is 0 Å². The monoisotopic (exact) mass is 450 g/mol. The molecule has 0 bridgehead atoms. The molecule has 0 aliphatic carbocycles. The number of aryl methyl sites for hydroxylation is 1. The summed E-state index contributed by atoms with van der Waals surface area (Å²) in [5.74, 6) is 1.06. The molecule has 4 rings (SSSR count). The first-order valence-electron chi connectivity index (χ1n) is 9.98. The number of carbonyl (C=O) groups is 1. The predicted octanol–water partition coefficient (Wildman–Crippen LogP) is 3.22. The summed E-state index contributed by atoms with van der Waals surface area (Å²) in [7, 11) is 1.60. The van der Waals surface area contributed by atoms with Crippen LogP contribution in [0.5, 0.6) is 11.5 Å². The topological polar surface area (TPSA) is 94.8 Å². The number of amides is 1. The van der Waals surface area contributed by atoms with Crippen molar-refractivity contribution in [2.75, 3.05) is 7.11 Å². The summed E-state index contributed by atoms with van der Waals surface area (Å²) < 4.78 is 12.1. The number of fused-ring (bicyclic) bond motifs is 1. The van der Waals surface area contributed by atoms with E-state index in [-0.39, 0.29) is 18.0 Å². The highest BCUT2D eigenvalue weighted by Crippen LogP contribution is 2.26. The van der Waals surface area contributed by atoms with Crippen molar-refractivity contribution in [2.45, 2.75) is 26.5 Å². The third-order valence-corrected chi connectivity index (χ3v) is 5.74. The van der Waals surface area contributed by atoms with Crippen molar-refractivity contribution in [1.82, 2.24) is 19.9 Å². The van der Waals surface area contributed by atoms with E-state index in [1.165, 1.54) is 21.9 Å². The van der Waals surface area contributed by atoms with Gasteiger partial charge in [-0.25, -0.2) is 4.98 Å². The number of carbonyl (C=O) groups excluding carboxylic acids is 1. The highest BCUT2D eigenvalue weighted by Gasteiger charge is 2.16. The van der Waals surface area contributed by atoms with Crippen LogP contribution in [0.25, 0.3) is 15.5 Å². The standard InChI is InChI=1S/C23H22N4O4S/c1-14-4-8-19(9-5-14)31-15(2)21(29)24-13-17-12-20(28)27-23(25-17)32-22(26-27)16-6-10-18(30-3)11-7-16/h4-12,15H,13H2,1-3H3,(H,24,29). The molecule has 0 saturated carbocycles. The largest absolute Gasteiger partial charge is 0.497 e. The summed E-state index contributed by atoms with van der Waals surface area (Å²) in [6.45, 7) is 3.77. The molecule has 1 atom stereocenters. The second-order valence-corrected chi connectivity index (χ2v) is 8.16. The maximum Gasteiger partial charge on any atom is 0.275 e. The molecule has 8 nitrogen and oxygen atoms in total. The number of aromatic nitrogens is 3. The van der Waals surface area contributed by atoms with Crippen molar-refractivity contribution in [2.24, 2.45) is 0 Å². The molecule has 2 heterocycles. The fraction of sp³-hybridized carbons (Fsp3) is 0.217. The molecule has 4 aromatic rings. The molecule has 0 aliphatic heterocycles. The molecule has 0 aliphatic rings. The molecule has 1 amide bonds. The van der Waals surface area contributed by atoms with Gasteiger partial charge in [0.15, 0.2) is 6.10 Å². The lowest BCUT2D eigenvalue weighted by atomic mass is 10.2. The van der Waals surface area contributed by atoms with Gasteiger partial charge >= 0.3 is 0 Å². The van der Waals surface area contributed by atoms with Crippen LogP contribution in [0.1, 0.15) is 18.2 Å². The van der Waals surface area contributed by atoms with Crippen LogP contribution in [0.4, 0.5) is 0 Å². The smallest absolute Gasteiger partial charge is 0.275 e. The van der Waals surface area contributed by atoms with Gasteiger partial charge in [-0.3, -0.25) is 9.59 Å². The van der Waals surface area contributed by atoms with E-state index in [1.54, 1.807) is 14.0 Å². The van der Waals surface area contributed by atoms with Crippen LogP contribution in [-0.4, -0.2) is 33.7 Å². The Morgan fingerprint density at radius 2 is 1.81 bits per heavy atom. The highest BCUT2D eigenvalue weighted by atomic mass is 32.1. The number of hydrogen-bond acceptors (Lipinski definition) is 7. The zero-order valence-electron chi connectivity index (χ0n) is 17.9. The third kappa shape index (κ3) is 4.78. The SMILES string of the molecule is COc1ccc(-c2nn3c(=O)cc(CNC(=O)C(C)Oc4ccc(C)cc4)nc3s2)cc1. The average molecular weight is 451 g/mol. The van der Waals surface area contributed by atoms with Crippen molar-refractivity contribution in [1.29, 1.82) is 0 Å². The van der Waals surface area contributed by atoms with Crippen LogP contribution in [0.3, 0.4) is 0 Å². The molecule has 164 valence electrons. The fourth-order valence-corrected chi connectivity index (χ4v) is 3.92. The van der Waals surface area contributed by atoms with Gasteiger partial charge in [0, 0.05) is 11.6 Å². The number of methoxy groups -OCH3 is 1. The minimum absolute atomic E-state index is 0.113. The highest BCUT2D eigenvalue weighted by molar-refractivity contribution is 7.19. The summed E-state index contributed by atoms with van der Waals surface area (Å²) in [5, 5.41) is 7.80. The molecular formula is C23H22N4O4S. The van der Waals surface area contributed by atoms with Crippen molar-refractivity contribution in [3.05, 3.63) is 76.2 Å². The first kappa shape index (κ1) is 21.5. The van der Waals surface area contributed by atoms with Crippen LogP contribution in [0.15, 0.2) is 59.4 Å². The van der Waals surface area contributed by atoms with E-state index < -0.39 is 6.10 Å². The quantitative estimate of drug-likeness (QED) is 0.465. The number of ether oxygens (including phenoxy) is 2. The van der Waals surface area contributed by atoms with Crippen LogP contribution in [0.2, 0.25) is 0 Å². The van der Waals surface area contributed by atoms with Crippen LogP contribution in [0, 0.1) is 6.92 Å². The van der Waals surface area contributed by atoms with Gasteiger partial charge < -0.3 is 14.8 Å². The summed E-state index contributed by atoms with van der Waals surface area (Å²) in [4.78, 5) is 29.8. The Morgan fingerprint density at radius 1 is 1.12 bits per heavy atom. The Kier molecular flexibility index (Phi) is 6.18. The number of nitrogens with zero attached hydrogens (tertiary/aromatic N) is 3. The van der Waals surface area contributed by atoms with Crippen LogP contribution in [-0.2, 0) is 11.3 Å². The van der Waals surface area contributed by atoms with E-state index >= 15 is 0 Å². The van der Waals surface area contributed by atoms with Gasteiger partial charge in [-0.1, -0.05) is 29.0 Å². The Labute approximate surface area is 188 Å². The number of benzene rings is 2. The van der Waals surface area contributed by atoms with E-state index in [9.17, 15) is 9.59 Å². The van der Waals surface area contributed by atoms with Gasteiger partial charge in [0.1, 0.15) is 16.5 Å². The third-order valence-electron chi connectivity index (χ3n) is 4.78. The van der Waals surface area contributed by atoms with Gasteiger partial charge in [-0.05, 0) is 50.2 Å². The summed E-state index contributed by atoms with van der Waals surface area (Å²) in [6, 6.07) is 16.3. The number of hydrogen-bond donors (Lipinski definition) is 1. The average Bonchev–Trinajstić information content (AvgIpc) is 3.24. The molecule has 0 spiro atoms. The Bertz CT molecular complexity index is 1300. The van der Waals surface area contributed by atoms with E-state index in [4.69, 9.17) is 9.47 Å². The lowest BCUT2D eigenvalue weighted by Gasteiger charge is -2.14. The van der Waals surface area contributed by atoms with Crippen molar-refractivity contribution in [3.63, 3.8) is 0 Å². The van der Waals surface area contributed by atoms with E-state index in [0.29, 0.717) is 21.4 Å². The van der Waals surface area contributed by atoms with Gasteiger partial charge in [0.25, 0.3) is 11.5 Å². The van der Waals surface area contributed by atoms with E-state index in [0.717, 1.165) is 16.9 Å². The lowest BCUT2D eigenvalue weighted by molar-refractivity contribution is -0.127. The first-order chi connectivity index (χ1) is 15.4. The molecule has 9 heteroatoms. The van der Waals surface area contributed by atoms with Crippen LogP contribution >= 0.6 is 11.3 Å². The van der Waals surface area contributed by atoms with Gasteiger partial charge in [0.05, 0.1) is 19.3 Å². The Hall–Kier alpha value is -3.72. The van der Waals surface area contributed by atoms with Crippen molar-refractivity contribution >= 4 is 22.2 Å². The molecule has 2 aromatic carbocycles. The van der Waals surface area contributed by atoms with Crippen molar-refractivity contribution in [3.8, 4) is 22.1 Å². The number of rotatable bonds is 7. The molecule has 32 heavy (non-hydrogen) atoms. The van der Waals surface area contributed by atoms with Crippen LogP contribution < -0.4 is 20.3 Å². The minimum atomic E-state index is -0.687. The van der Waals surface area contributed by atoms with E-state index in [1.807, 2.05) is 55.5 Å². The summed E-state index contributed by atoms with van der Waals surface area (Å²) in [5.41, 5.74) is 2.12.